The first-order valence-corrected chi connectivity index (χ1v) is 12.4. The molecule has 1 aliphatic heterocycles. The van der Waals surface area contributed by atoms with Crippen molar-refractivity contribution >= 4 is 34.3 Å². The van der Waals surface area contributed by atoms with Gasteiger partial charge in [0.15, 0.2) is 11.5 Å². The summed E-state index contributed by atoms with van der Waals surface area (Å²) < 4.78 is 35.1. The number of aromatic nitrogens is 1. The number of anilines is 1. The zero-order valence-electron chi connectivity index (χ0n) is 19.8. The van der Waals surface area contributed by atoms with Gasteiger partial charge in [-0.1, -0.05) is 6.92 Å². The van der Waals surface area contributed by atoms with Gasteiger partial charge in [0.25, 0.3) is 6.47 Å². The first-order chi connectivity index (χ1) is 16.4. The highest BCUT2D eigenvalue weighted by atomic mass is 32.2. The van der Waals surface area contributed by atoms with Gasteiger partial charge >= 0.3 is 0 Å². The van der Waals surface area contributed by atoms with Gasteiger partial charge in [-0.15, -0.1) is 0 Å². The summed E-state index contributed by atoms with van der Waals surface area (Å²) in [6.45, 7) is 4.57. The molecule has 188 valence electrons. The van der Waals surface area contributed by atoms with Crippen molar-refractivity contribution in [2.75, 3.05) is 38.8 Å². The quantitative estimate of drug-likeness (QED) is 0.308. The number of nitrogens with zero attached hydrogens (tertiary/aromatic N) is 3. The third kappa shape index (κ3) is 6.35. The van der Waals surface area contributed by atoms with Crippen molar-refractivity contribution in [3.05, 3.63) is 24.4 Å². The van der Waals surface area contributed by atoms with Gasteiger partial charge in [0.1, 0.15) is 0 Å². The predicted octanol–water partition coefficient (Wildman–Crippen LogP) is 2.57. The number of nitrogens with one attached hydrogen (secondary N) is 1. The summed E-state index contributed by atoms with van der Waals surface area (Å²) in [6.07, 6.45) is 5.89. The smallest absolute Gasteiger partial charge is 0.290 e. The van der Waals surface area contributed by atoms with Gasteiger partial charge in [-0.2, -0.15) is 4.41 Å². The van der Waals surface area contributed by atoms with E-state index in [4.69, 9.17) is 19.4 Å². The van der Waals surface area contributed by atoms with Crippen LogP contribution in [-0.2, 0) is 16.1 Å². The van der Waals surface area contributed by atoms with E-state index in [2.05, 4.69) is 28.3 Å². The average molecular weight is 494 g/mol. The molecule has 0 spiro atoms. The summed E-state index contributed by atoms with van der Waals surface area (Å²) in [7, 11) is 3.28. The van der Waals surface area contributed by atoms with Gasteiger partial charge < -0.3 is 24.0 Å². The van der Waals surface area contributed by atoms with Crippen molar-refractivity contribution in [1.82, 2.24) is 14.8 Å². The van der Waals surface area contributed by atoms with E-state index in [0.29, 0.717) is 29.9 Å². The second kappa shape index (κ2) is 12.3. The Hall–Kier alpha value is -2.47. The van der Waals surface area contributed by atoms with Crippen LogP contribution in [0.3, 0.4) is 0 Å². The predicted molar refractivity (Wildman–Crippen MR) is 129 cm³/mol. The number of piperidine rings is 1. The third-order valence-corrected chi connectivity index (χ3v) is 7.27. The molecule has 1 saturated heterocycles. The monoisotopic (exact) mass is 493 g/mol. The van der Waals surface area contributed by atoms with Crippen LogP contribution in [0.25, 0.3) is 10.9 Å². The van der Waals surface area contributed by atoms with E-state index in [1.165, 1.54) is 4.41 Å². The van der Waals surface area contributed by atoms with Gasteiger partial charge in [-0.25, -0.2) is 5.43 Å². The molecule has 2 fully saturated rings. The van der Waals surface area contributed by atoms with Crippen LogP contribution in [-0.4, -0.2) is 69.6 Å². The number of hydrogen-bond acceptors (Lipinski definition) is 8. The van der Waals surface area contributed by atoms with E-state index in [9.17, 15) is 8.76 Å². The van der Waals surface area contributed by atoms with Gasteiger partial charge in [0.2, 0.25) is 0 Å². The molecule has 0 amide bonds. The summed E-state index contributed by atoms with van der Waals surface area (Å²) in [6, 6.07) is 6.13. The van der Waals surface area contributed by atoms with Crippen LogP contribution < -0.4 is 19.8 Å². The molecular weight excluding hydrogens is 460 g/mol. The Balaban J connectivity index is 0.00000103. The minimum Gasteiger partial charge on any atom is -0.759 e. The number of hydrogen-bond donors (Lipinski definition) is 2. The summed E-state index contributed by atoms with van der Waals surface area (Å²) >= 11 is -2.20. The molecule has 4 rings (SSSR count). The van der Waals surface area contributed by atoms with Gasteiger partial charge in [-0.05, 0) is 49.7 Å². The number of ether oxygens (including phenoxy) is 2. The molecule has 34 heavy (non-hydrogen) atoms. The SMILES string of the molecule is COc1cc2nccc(N3CCC(C(C)CNN(C4CC4)S(=O)[O-])CC3)c2cc1OC.O=CO. The molecule has 10 nitrogen and oxygen atoms in total. The van der Waals surface area contributed by atoms with Crippen molar-refractivity contribution in [2.24, 2.45) is 11.8 Å². The number of hydrazine groups is 1. The first-order valence-electron chi connectivity index (χ1n) is 11.4. The number of rotatable bonds is 9. The Morgan fingerprint density at radius 3 is 2.44 bits per heavy atom. The fourth-order valence-corrected chi connectivity index (χ4v) is 5.09. The molecular formula is C23H33N4O6S-. The Morgan fingerprint density at radius 1 is 1.26 bits per heavy atom. The number of carboxylic acid groups (broad SMARTS) is 1. The van der Waals surface area contributed by atoms with Gasteiger partial charge in [0.05, 0.1) is 19.7 Å². The molecule has 1 aliphatic carbocycles. The number of carbonyl (C=O) groups is 1. The molecule has 11 heteroatoms. The number of benzene rings is 1. The molecule has 0 radical (unpaired) electrons. The van der Waals surface area contributed by atoms with Gasteiger partial charge in [0, 0.05) is 60.3 Å². The summed E-state index contributed by atoms with van der Waals surface area (Å²) in [5.74, 6) is 2.35. The van der Waals surface area contributed by atoms with Crippen LogP contribution in [0, 0.1) is 11.8 Å². The fourth-order valence-electron chi connectivity index (χ4n) is 4.46. The van der Waals surface area contributed by atoms with E-state index in [-0.39, 0.29) is 12.5 Å². The largest absolute Gasteiger partial charge is 0.759 e. The lowest BCUT2D eigenvalue weighted by Crippen LogP contribution is -2.45. The summed E-state index contributed by atoms with van der Waals surface area (Å²) in [5, 5.41) is 7.95. The summed E-state index contributed by atoms with van der Waals surface area (Å²) in [4.78, 5) is 15.3. The van der Waals surface area contributed by atoms with Crippen LogP contribution in [0.5, 0.6) is 11.5 Å². The highest BCUT2D eigenvalue weighted by Crippen LogP contribution is 2.37. The second-order valence-corrected chi connectivity index (χ2v) is 9.43. The lowest BCUT2D eigenvalue weighted by atomic mass is 9.85. The first kappa shape index (κ1) is 26.1. The maximum absolute atomic E-state index is 11.4. The number of methoxy groups -OCH3 is 2. The lowest BCUT2D eigenvalue weighted by Gasteiger charge is -2.37. The van der Waals surface area contributed by atoms with E-state index in [0.717, 1.165) is 55.4 Å². The Bertz CT molecular complexity index is 981. The van der Waals surface area contributed by atoms with Crippen molar-refractivity contribution in [3.8, 4) is 11.5 Å². The lowest BCUT2D eigenvalue weighted by molar-refractivity contribution is -0.122. The van der Waals surface area contributed by atoms with Crippen LogP contribution >= 0.6 is 0 Å². The zero-order chi connectivity index (χ0) is 24.7. The maximum Gasteiger partial charge on any atom is 0.290 e. The van der Waals surface area contributed by atoms with E-state index in [1.54, 1.807) is 14.2 Å². The molecule has 1 aromatic heterocycles. The minimum absolute atomic E-state index is 0.142. The second-order valence-electron chi connectivity index (χ2n) is 8.60. The third-order valence-electron chi connectivity index (χ3n) is 6.52. The average Bonchev–Trinajstić information content (AvgIpc) is 3.68. The van der Waals surface area contributed by atoms with Crippen molar-refractivity contribution in [3.63, 3.8) is 0 Å². The van der Waals surface area contributed by atoms with E-state index >= 15 is 0 Å². The van der Waals surface area contributed by atoms with Crippen molar-refractivity contribution in [2.45, 2.75) is 38.6 Å². The normalized spacial score (nSPS) is 18.2. The fraction of sp³-hybridized carbons (Fsp3) is 0.565. The molecule has 2 atom stereocenters. The summed E-state index contributed by atoms with van der Waals surface area (Å²) in [5.41, 5.74) is 5.20. The number of fused-ring (bicyclic) bond motifs is 1. The Morgan fingerprint density at radius 2 is 1.88 bits per heavy atom. The highest BCUT2D eigenvalue weighted by Gasteiger charge is 2.31. The molecule has 2 unspecified atom stereocenters. The maximum atomic E-state index is 11.4. The van der Waals surface area contributed by atoms with Crippen molar-refractivity contribution < 1.29 is 28.1 Å². The molecule has 0 bridgehead atoms. The van der Waals surface area contributed by atoms with E-state index < -0.39 is 11.3 Å². The number of pyridine rings is 1. The highest BCUT2D eigenvalue weighted by molar-refractivity contribution is 7.76. The topological polar surface area (TPSA) is 127 Å². The van der Waals surface area contributed by atoms with Crippen LogP contribution in [0.4, 0.5) is 5.69 Å². The molecule has 2 N–H and O–H groups in total. The van der Waals surface area contributed by atoms with Crippen LogP contribution in [0.2, 0.25) is 0 Å². The molecule has 2 aromatic rings. The van der Waals surface area contributed by atoms with Gasteiger partial charge in [-0.3, -0.25) is 14.0 Å². The minimum atomic E-state index is -2.20. The van der Waals surface area contributed by atoms with Crippen LogP contribution in [0.15, 0.2) is 24.4 Å². The molecule has 2 heterocycles. The standard InChI is InChI=1S/C22H32N4O4S.CH2O2/c1-15(14-24-26(31(27)28)17-4-5-17)16-7-10-25(11-8-16)20-6-9-23-19-13-22(30-3)21(29-2)12-18(19)20;2-1-3/h6,9,12-13,15-17,24H,4-5,7-8,10-11,14H2,1-3H3,(H,27,28);1H,(H,2,3)/p-1. The Labute approximate surface area is 202 Å². The Kier molecular flexibility index (Phi) is 9.45. The van der Waals surface area contributed by atoms with E-state index in [1.807, 2.05) is 18.3 Å². The van der Waals surface area contributed by atoms with Crippen molar-refractivity contribution in [1.29, 1.82) is 0 Å². The molecule has 2 aliphatic rings. The van der Waals surface area contributed by atoms with Crippen LogP contribution in [0.1, 0.15) is 32.6 Å². The zero-order valence-corrected chi connectivity index (χ0v) is 20.6. The molecule has 1 saturated carbocycles. The molecule has 1 aromatic carbocycles.